The second-order valence-electron chi connectivity index (χ2n) is 5.50. The summed E-state index contributed by atoms with van der Waals surface area (Å²) in [5, 5.41) is 0. The molecule has 1 fully saturated rings. The Morgan fingerprint density at radius 3 is 2.53 bits per heavy atom. The number of amides is 1. The molecule has 0 N–H and O–H groups in total. The average Bonchev–Trinajstić information content (AvgIpc) is 1.99. The number of rotatable bonds is 0. The van der Waals surface area contributed by atoms with E-state index in [-0.39, 0.29) is 10.8 Å². The Bertz CT molecular complexity index is 245. The van der Waals surface area contributed by atoms with E-state index < -0.39 is 5.60 Å². The molecule has 1 saturated heterocycles. The predicted molar refractivity (Wildman–Crippen MR) is 64.4 cm³/mol. The molecule has 1 aliphatic rings. The Morgan fingerprint density at radius 2 is 2.07 bits per heavy atom. The van der Waals surface area contributed by atoms with Crippen molar-refractivity contribution in [3.8, 4) is 0 Å². The largest absolute Gasteiger partial charge is 0.444 e. The van der Waals surface area contributed by atoms with Gasteiger partial charge in [-0.2, -0.15) is 12.6 Å². The lowest BCUT2D eigenvalue weighted by Crippen LogP contribution is -2.47. The molecule has 0 saturated carbocycles. The van der Waals surface area contributed by atoms with Gasteiger partial charge in [-0.3, -0.25) is 0 Å². The molecule has 1 amide bonds. The lowest BCUT2D eigenvalue weighted by molar-refractivity contribution is 0.0192. The van der Waals surface area contributed by atoms with Crippen molar-refractivity contribution < 1.29 is 9.53 Å². The number of hydrogen-bond donors (Lipinski definition) is 1. The molecule has 0 spiro atoms. The Morgan fingerprint density at radius 1 is 1.47 bits per heavy atom. The normalized spacial score (nSPS) is 27.7. The molecule has 0 aromatic carbocycles. The van der Waals surface area contributed by atoms with Crippen LogP contribution >= 0.6 is 12.6 Å². The summed E-state index contributed by atoms with van der Waals surface area (Å²) in [4.78, 5) is 13.5. The monoisotopic (exact) mass is 231 g/mol. The van der Waals surface area contributed by atoms with E-state index in [1.54, 1.807) is 4.90 Å². The second kappa shape index (κ2) is 4.24. The third kappa shape index (κ3) is 4.33. The van der Waals surface area contributed by atoms with Crippen molar-refractivity contribution in [3.63, 3.8) is 0 Å². The predicted octanol–water partition coefficient (Wildman–Crippen LogP) is 2.71. The second-order valence-corrected chi connectivity index (χ2v) is 6.58. The Balaban J connectivity index is 2.53. The van der Waals surface area contributed by atoms with Gasteiger partial charge in [0.25, 0.3) is 0 Å². The highest BCUT2D eigenvalue weighted by Gasteiger charge is 2.32. The number of nitrogens with zero attached hydrogens (tertiary/aromatic N) is 1. The summed E-state index contributed by atoms with van der Waals surface area (Å²) in [6.07, 6.45) is 1.83. The molecule has 15 heavy (non-hydrogen) atoms. The SMILES string of the molecule is CC(C)(C)OC(=O)N1CCC[C@](C)(S)C1. The molecule has 1 atom stereocenters. The van der Waals surface area contributed by atoms with E-state index in [1.165, 1.54) is 0 Å². The van der Waals surface area contributed by atoms with Crippen molar-refractivity contribution >= 4 is 18.7 Å². The smallest absolute Gasteiger partial charge is 0.410 e. The first-order valence-electron chi connectivity index (χ1n) is 5.40. The van der Waals surface area contributed by atoms with Gasteiger partial charge in [0.2, 0.25) is 0 Å². The molecule has 0 aromatic rings. The number of likely N-dealkylation sites (tertiary alicyclic amines) is 1. The third-order valence-electron chi connectivity index (χ3n) is 2.33. The van der Waals surface area contributed by atoms with Gasteiger partial charge >= 0.3 is 6.09 Å². The summed E-state index contributed by atoms with van der Waals surface area (Å²) in [6.45, 7) is 9.17. The highest BCUT2D eigenvalue weighted by atomic mass is 32.1. The van der Waals surface area contributed by atoms with Crippen LogP contribution in [-0.4, -0.2) is 34.4 Å². The van der Waals surface area contributed by atoms with E-state index in [9.17, 15) is 4.79 Å². The zero-order valence-corrected chi connectivity index (χ0v) is 10.9. The van der Waals surface area contributed by atoms with E-state index in [4.69, 9.17) is 4.74 Å². The first-order valence-corrected chi connectivity index (χ1v) is 5.85. The van der Waals surface area contributed by atoms with Gasteiger partial charge in [-0.15, -0.1) is 0 Å². The minimum Gasteiger partial charge on any atom is -0.444 e. The van der Waals surface area contributed by atoms with Crippen LogP contribution < -0.4 is 0 Å². The van der Waals surface area contributed by atoms with Crippen LogP contribution in [0.15, 0.2) is 0 Å². The number of piperidine rings is 1. The van der Waals surface area contributed by atoms with Crippen molar-refractivity contribution in [3.05, 3.63) is 0 Å². The van der Waals surface area contributed by atoms with Crippen LogP contribution in [-0.2, 0) is 4.74 Å². The van der Waals surface area contributed by atoms with E-state index in [0.29, 0.717) is 6.54 Å². The van der Waals surface area contributed by atoms with Crippen molar-refractivity contribution in [2.45, 2.75) is 50.9 Å². The van der Waals surface area contributed by atoms with Crippen LogP contribution in [0, 0.1) is 0 Å². The number of hydrogen-bond acceptors (Lipinski definition) is 3. The van der Waals surface area contributed by atoms with Gasteiger partial charge in [-0.25, -0.2) is 4.79 Å². The topological polar surface area (TPSA) is 29.5 Å². The van der Waals surface area contributed by atoms with Gasteiger partial charge < -0.3 is 9.64 Å². The van der Waals surface area contributed by atoms with Gasteiger partial charge in [0.05, 0.1) is 0 Å². The molecule has 4 heteroatoms. The molecule has 1 aliphatic heterocycles. The lowest BCUT2D eigenvalue weighted by Gasteiger charge is -2.37. The fourth-order valence-electron chi connectivity index (χ4n) is 1.70. The number of carbonyl (C=O) groups is 1. The molecule has 0 aliphatic carbocycles. The van der Waals surface area contributed by atoms with Crippen LogP contribution in [0.3, 0.4) is 0 Å². The maximum atomic E-state index is 11.8. The number of ether oxygens (including phenoxy) is 1. The van der Waals surface area contributed by atoms with Gasteiger partial charge in [-0.05, 0) is 40.5 Å². The van der Waals surface area contributed by atoms with E-state index in [0.717, 1.165) is 19.4 Å². The molecular formula is C11H21NO2S. The summed E-state index contributed by atoms with van der Waals surface area (Å²) < 4.78 is 5.25. The van der Waals surface area contributed by atoms with Gasteiger partial charge in [0.15, 0.2) is 0 Å². The van der Waals surface area contributed by atoms with Crippen LogP contribution in [0.5, 0.6) is 0 Å². The molecule has 0 aromatic heterocycles. The summed E-state index contributed by atoms with van der Waals surface area (Å²) in [5.74, 6) is 0. The zero-order valence-electron chi connectivity index (χ0n) is 10.0. The Hall–Kier alpha value is -0.380. The lowest BCUT2D eigenvalue weighted by atomic mass is 9.99. The van der Waals surface area contributed by atoms with Crippen molar-refractivity contribution in [1.82, 2.24) is 4.90 Å². The Labute approximate surface area is 97.6 Å². The number of carbonyl (C=O) groups excluding carboxylic acids is 1. The van der Waals surface area contributed by atoms with Crippen molar-refractivity contribution in [2.75, 3.05) is 13.1 Å². The van der Waals surface area contributed by atoms with Crippen LogP contribution in [0.4, 0.5) is 4.79 Å². The Kier molecular flexibility index (Phi) is 3.59. The maximum absolute atomic E-state index is 11.8. The minimum atomic E-state index is -0.415. The third-order valence-corrected chi connectivity index (χ3v) is 2.69. The molecular weight excluding hydrogens is 210 g/mol. The fourth-order valence-corrected chi connectivity index (χ4v) is 2.03. The van der Waals surface area contributed by atoms with E-state index in [1.807, 2.05) is 20.8 Å². The van der Waals surface area contributed by atoms with Crippen molar-refractivity contribution in [1.29, 1.82) is 0 Å². The summed E-state index contributed by atoms with van der Waals surface area (Å²) in [5.41, 5.74) is -0.415. The molecule has 0 radical (unpaired) electrons. The first kappa shape index (κ1) is 12.7. The molecule has 1 rings (SSSR count). The van der Waals surface area contributed by atoms with Gasteiger partial charge in [0.1, 0.15) is 5.60 Å². The molecule has 0 bridgehead atoms. The highest BCUT2D eigenvalue weighted by Crippen LogP contribution is 2.27. The summed E-state index contributed by atoms with van der Waals surface area (Å²) >= 11 is 4.53. The molecule has 0 unspecified atom stereocenters. The maximum Gasteiger partial charge on any atom is 0.410 e. The van der Waals surface area contributed by atoms with E-state index in [2.05, 4.69) is 19.6 Å². The zero-order chi connectivity index (χ0) is 11.7. The molecule has 88 valence electrons. The summed E-state index contributed by atoms with van der Waals surface area (Å²) in [7, 11) is 0. The first-order chi connectivity index (χ1) is 6.70. The van der Waals surface area contributed by atoms with Gasteiger partial charge in [0, 0.05) is 17.8 Å². The summed E-state index contributed by atoms with van der Waals surface area (Å²) in [6, 6.07) is 0. The average molecular weight is 231 g/mol. The fraction of sp³-hybridized carbons (Fsp3) is 0.909. The molecule has 1 heterocycles. The van der Waals surface area contributed by atoms with Crippen LogP contribution in [0.2, 0.25) is 0 Å². The number of thiol groups is 1. The highest BCUT2D eigenvalue weighted by molar-refractivity contribution is 7.81. The quantitative estimate of drug-likeness (QED) is 0.650. The van der Waals surface area contributed by atoms with Crippen molar-refractivity contribution in [2.24, 2.45) is 0 Å². The minimum absolute atomic E-state index is 0.0743. The molecule has 3 nitrogen and oxygen atoms in total. The standard InChI is InChI=1S/C11H21NO2S/c1-10(2,3)14-9(13)12-7-5-6-11(4,15)8-12/h15H,5-8H2,1-4H3/t11-/m0/s1. The van der Waals surface area contributed by atoms with E-state index >= 15 is 0 Å². The van der Waals surface area contributed by atoms with Crippen LogP contribution in [0.25, 0.3) is 0 Å². The van der Waals surface area contributed by atoms with Crippen LogP contribution in [0.1, 0.15) is 40.5 Å². The van der Waals surface area contributed by atoms with Gasteiger partial charge in [-0.1, -0.05) is 0 Å².